The molecule has 2 aliphatic rings. The second-order valence-electron chi connectivity index (χ2n) is 6.01. The summed E-state index contributed by atoms with van der Waals surface area (Å²) in [5.74, 6) is 1.14. The molecule has 2 aromatic rings. The fraction of sp³-hybridized carbons (Fsp3) is 0.278. The summed E-state index contributed by atoms with van der Waals surface area (Å²) in [6, 6.07) is 5.87. The summed E-state index contributed by atoms with van der Waals surface area (Å²) in [4.78, 5) is 17.1. The molecule has 0 unspecified atom stereocenters. The van der Waals surface area contributed by atoms with Crippen LogP contribution < -0.4 is 5.32 Å². The summed E-state index contributed by atoms with van der Waals surface area (Å²) in [5.41, 5.74) is 2.46. The molecule has 1 aromatic heterocycles. The smallest absolute Gasteiger partial charge is 0.227 e. The first-order chi connectivity index (χ1) is 12.2. The Morgan fingerprint density at radius 2 is 2.16 bits per heavy atom. The number of carbonyl (C=O) groups excluding carboxylic acids is 1. The van der Waals surface area contributed by atoms with Crippen LogP contribution >= 0.6 is 11.8 Å². The third-order valence-electron chi connectivity index (χ3n) is 4.36. The van der Waals surface area contributed by atoms with E-state index in [0.29, 0.717) is 23.3 Å². The molecule has 0 radical (unpaired) electrons. The van der Waals surface area contributed by atoms with Gasteiger partial charge >= 0.3 is 0 Å². The summed E-state index contributed by atoms with van der Waals surface area (Å²) in [5, 5.41) is 8.47. The molecule has 1 aliphatic heterocycles. The lowest BCUT2D eigenvalue weighted by Gasteiger charge is -2.32. The van der Waals surface area contributed by atoms with Crippen LogP contribution in [0.3, 0.4) is 0 Å². The van der Waals surface area contributed by atoms with Gasteiger partial charge in [0.15, 0.2) is 5.78 Å². The van der Waals surface area contributed by atoms with Gasteiger partial charge in [-0.3, -0.25) is 4.79 Å². The predicted octanol–water partition coefficient (Wildman–Crippen LogP) is 3.72. The zero-order chi connectivity index (χ0) is 17.4. The van der Waals surface area contributed by atoms with Crippen LogP contribution in [0.5, 0.6) is 0 Å². The highest BCUT2D eigenvalue weighted by atomic mass is 32.2. The maximum Gasteiger partial charge on any atom is 0.227 e. The molecule has 0 saturated carbocycles. The van der Waals surface area contributed by atoms with E-state index in [0.717, 1.165) is 29.7 Å². The number of hydrogen-bond donors (Lipinski definition) is 1. The van der Waals surface area contributed by atoms with E-state index in [4.69, 9.17) is 0 Å². The van der Waals surface area contributed by atoms with Gasteiger partial charge < -0.3 is 5.32 Å². The molecule has 25 heavy (non-hydrogen) atoms. The molecule has 0 saturated heterocycles. The molecule has 1 aliphatic carbocycles. The van der Waals surface area contributed by atoms with Gasteiger partial charge in [0.2, 0.25) is 11.1 Å². The second kappa shape index (κ2) is 6.48. The van der Waals surface area contributed by atoms with E-state index in [9.17, 15) is 9.18 Å². The third-order valence-corrected chi connectivity index (χ3v) is 5.20. The number of hydrogen-bond acceptors (Lipinski definition) is 5. The molecule has 4 rings (SSSR count). The number of fused-ring (bicyclic) bond motifs is 1. The number of allylic oxidation sites excluding steroid dienone is 2. The van der Waals surface area contributed by atoms with E-state index in [1.54, 1.807) is 22.9 Å². The highest BCUT2D eigenvalue weighted by Gasteiger charge is 2.36. The lowest BCUT2D eigenvalue weighted by atomic mass is 9.85. The Morgan fingerprint density at radius 3 is 2.92 bits per heavy atom. The van der Waals surface area contributed by atoms with Crippen LogP contribution in [0, 0.1) is 5.82 Å². The van der Waals surface area contributed by atoms with Crippen molar-refractivity contribution in [3.8, 4) is 0 Å². The quantitative estimate of drug-likeness (QED) is 0.668. The molecular formula is C18H17FN4OS. The van der Waals surface area contributed by atoms with Crippen molar-refractivity contribution in [1.82, 2.24) is 14.8 Å². The van der Waals surface area contributed by atoms with E-state index in [1.807, 2.05) is 0 Å². The van der Waals surface area contributed by atoms with Gasteiger partial charge in [-0.25, -0.2) is 9.07 Å². The van der Waals surface area contributed by atoms with Crippen molar-refractivity contribution < 1.29 is 9.18 Å². The van der Waals surface area contributed by atoms with E-state index >= 15 is 0 Å². The first-order valence-electron chi connectivity index (χ1n) is 8.16. The minimum absolute atomic E-state index is 0.115. The Balaban J connectivity index is 1.83. The highest BCUT2D eigenvalue weighted by molar-refractivity contribution is 7.99. The lowest BCUT2D eigenvalue weighted by molar-refractivity contribution is -0.116. The normalized spacial score (nSPS) is 19.2. The van der Waals surface area contributed by atoms with Crippen LogP contribution in [0.4, 0.5) is 10.3 Å². The molecular weight excluding hydrogens is 339 g/mol. The van der Waals surface area contributed by atoms with Crippen LogP contribution in [0.2, 0.25) is 0 Å². The number of thioether (sulfide) groups is 1. The number of benzene rings is 1. The number of rotatable bonds is 4. The summed E-state index contributed by atoms with van der Waals surface area (Å²) in [6.07, 6.45) is 3.95. The Hall–Kier alpha value is -2.41. The standard InChI is InChI=1S/C18H17FN4OS/c1-2-10-25-18-21-17-20-13-4-3-5-14(24)15(13)16(23(17)22-18)11-6-8-12(19)9-7-11/h2,6-9,16H,1,3-5,10H2,(H,20,21,22)/t16-/m1/s1. The molecule has 128 valence electrons. The summed E-state index contributed by atoms with van der Waals surface area (Å²) in [7, 11) is 0. The third kappa shape index (κ3) is 2.89. The number of nitrogens with zero attached hydrogens (tertiary/aromatic N) is 3. The maximum atomic E-state index is 13.4. The average Bonchev–Trinajstić information content (AvgIpc) is 3.01. The number of halogens is 1. The number of ketones is 1. The van der Waals surface area contributed by atoms with Crippen LogP contribution in [-0.2, 0) is 4.79 Å². The van der Waals surface area contributed by atoms with Crippen molar-refractivity contribution in [2.24, 2.45) is 0 Å². The largest absolute Gasteiger partial charge is 0.328 e. The zero-order valence-electron chi connectivity index (χ0n) is 13.5. The van der Waals surface area contributed by atoms with E-state index < -0.39 is 0 Å². The molecule has 1 aromatic carbocycles. The molecule has 0 bridgehead atoms. The van der Waals surface area contributed by atoms with Crippen molar-refractivity contribution in [3.05, 3.63) is 59.6 Å². The van der Waals surface area contributed by atoms with Gasteiger partial charge in [-0.1, -0.05) is 30.0 Å². The number of anilines is 1. The van der Waals surface area contributed by atoms with E-state index in [1.165, 1.54) is 23.9 Å². The first kappa shape index (κ1) is 16.1. The van der Waals surface area contributed by atoms with E-state index in [2.05, 4.69) is 22.0 Å². The van der Waals surface area contributed by atoms with Gasteiger partial charge in [0.05, 0.1) is 0 Å². The van der Waals surface area contributed by atoms with Gasteiger partial charge in [0.25, 0.3) is 0 Å². The van der Waals surface area contributed by atoms with Gasteiger partial charge in [-0.2, -0.15) is 4.98 Å². The van der Waals surface area contributed by atoms with Crippen molar-refractivity contribution in [2.45, 2.75) is 30.5 Å². The Bertz CT molecular complexity index is 872. The number of nitrogens with one attached hydrogen (secondary N) is 1. The minimum atomic E-state index is -0.370. The van der Waals surface area contributed by atoms with E-state index in [-0.39, 0.29) is 17.6 Å². The molecule has 2 heterocycles. The summed E-state index contributed by atoms with van der Waals surface area (Å²) in [6.45, 7) is 3.71. The fourth-order valence-corrected chi connectivity index (χ4v) is 3.85. The number of carbonyl (C=O) groups is 1. The molecule has 5 nitrogen and oxygen atoms in total. The maximum absolute atomic E-state index is 13.4. The monoisotopic (exact) mass is 356 g/mol. The lowest BCUT2D eigenvalue weighted by Crippen LogP contribution is -2.31. The van der Waals surface area contributed by atoms with Crippen molar-refractivity contribution in [1.29, 1.82) is 0 Å². The van der Waals surface area contributed by atoms with Crippen molar-refractivity contribution in [3.63, 3.8) is 0 Å². The second-order valence-corrected chi connectivity index (χ2v) is 7.00. The van der Waals surface area contributed by atoms with Crippen molar-refractivity contribution in [2.75, 3.05) is 11.1 Å². The molecule has 0 spiro atoms. The Morgan fingerprint density at radius 1 is 1.36 bits per heavy atom. The SMILES string of the molecule is C=CCSc1nc2n(n1)[C@H](c1ccc(F)cc1)C1=C(CCCC1=O)N2. The molecule has 1 atom stereocenters. The molecule has 0 fully saturated rings. The minimum Gasteiger partial charge on any atom is -0.328 e. The number of Topliss-reactive ketones (excluding diaryl/α,β-unsaturated/α-hetero) is 1. The topological polar surface area (TPSA) is 59.8 Å². The van der Waals surface area contributed by atoms with Crippen LogP contribution in [-0.4, -0.2) is 26.3 Å². The zero-order valence-corrected chi connectivity index (χ0v) is 14.4. The average molecular weight is 356 g/mol. The van der Waals surface area contributed by atoms with Crippen LogP contribution in [0.1, 0.15) is 30.9 Å². The fourth-order valence-electron chi connectivity index (χ4n) is 3.28. The van der Waals surface area contributed by atoms with Gasteiger partial charge in [-0.05, 0) is 30.5 Å². The number of aromatic nitrogens is 3. The van der Waals surface area contributed by atoms with Crippen molar-refractivity contribution >= 4 is 23.5 Å². The molecule has 1 N–H and O–H groups in total. The summed E-state index contributed by atoms with van der Waals surface area (Å²) < 4.78 is 15.1. The molecule has 7 heteroatoms. The summed E-state index contributed by atoms with van der Waals surface area (Å²) >= 11 is 1.48. The highest BCUT2D eigenvalue weighted by Crippen LogP contribution is 2.40. The van der Waals surface area contributed by atoms with Crippen LogP contribution in [0.25, 0.3) is 0 Å². The predicted molar refractivity (Wildman–Crippen MR) is 95.0 cm³/mol. The first-order valence-corrected chi connectivity index (χ1v) is 9.15. The van der Waals surface area contributed by atoms with Gasteiger partial charge in [-0.15, -0.1) is 11.7 Å². The molecule has 0 amide bonds. The van der Waals surface area contributed by atoms with Gasteiger partial charge in [0, 0.05) is 23.4 Å². The van der Waals surface area contributed by atoms with Gasteiger partial charge in [0.1, 0.15) is 11.9 Å². The Labute approximate surface area is 149 Å². The Kier molecular flexibility index (Phi) is 4.17. The van der Waals surface area contributed by atoms with Crippen LogP contribution in [0.15, 0.2) is 53.3 Å².